The van der Waals surface area contributed by atoms with Crippen LogP contribution in [0.3, 0.4) is 0 Å². The van der Waals surface area contributed by atoms with E-state index in [1.807, 2.05) is 0 Å². The summed E-state index contributed by atoms with van der Waals surface area (Å²) in [5.41, 5.74) is 8.93. The number of nitrogens with zero attached hydrogens (tertiary/aromatic N) is 3. The Morgan fingerprint density at radius 3 is 2.95 bits per heavy atom. The van der Waals surface area contributed by atoms with Crippen LogP contribution in [-0.4, -0.2) is 41.4 Å². The molecule has 110 valence electrons. The molecule has 2 bridgehead atoms. The number of carbonyl (C=O) groups is 1. The minimum atomic E-state index is -0.463. The predicted octanol–water partition coefficient (Wildman–Crippen LogP) is 1.27. The lowest BCUT2D eigenvalue weighted by Gasteiger charge is -2.32. The Morgan fingerprint density at radius 1 is 1.43 bits per heavy atom. The Labute approximate surface area is 124 Å². The van der Waals surface area contributed by atoms with Crippen molar-refractivity contribution in [2.24, 2.45) is 27.8 Å². The summed E-state index contributed by atoms with van der Waals surface area (Å²) in [4.78, 5) is 14.2. The van der Waals surface area contributed by atoms with E-state index in [2.05, 4.69) is 34.2 Å². The van der Waals surface area contributed by atoms with E-state index in [1.165, 1.54) is 25.0 Å². The van der Waals surface area contributed by atoms with Gasteiger partial charge in [0.25, 0.3) is 5.91 Å². The van der Waals surface area contributed by atoms with Crippen molar-refractivity contribution in [2.45, 2.75) is 32.2 Å². The van der Waals surface area contributed by atoms with Crippen LogP contribution in [0.2, 0.25) is 0 Å². The number of hydrogen-bond donors (Lipinski definition) is 1. The molecule has 2 aliphatic heterocycles. The number of piperidine rings is 1. The van der Waals surface area contributed by atoms with E-state index in [0.717, 1.165) is 24.3 Å². The van der Waals surface area contributed by atoms with Crippen molar-refractivity contribution < 1.29 is 4.79 Å². The molecule has 4 rings (SSSR count). The van der Waals surface area contributed by atoms with E-state index in [0.29, 0.717) is 23.6 Å². The molecule has 2 N–H and O–H groups in total. The number of amides is 1. The summed E-state index contributed by atoms with van der Waals surface area (Å²) in [6, 6.07) is 0.698. The summed E-state index contributed by atoms with van der Waals surface area (Å²) >= 11 is 0. The fraction of sp³-hybridized carbons (Fsp3) is 0.562. The van der Waals surface area contributed by atoms with Crippen molar-refractivity contribution in [3.8, 4) is 0 Å². The van der Waals surface area contributed by atoms with Gasteiger partial charge < -0.3 is 10.6 Å². The first kappa shape index (κ1) is 13.0. The molecule has 2 heterocycles. The molecule has 4 aliphatic rings. The van der Waals surface area contributed by atoms with E-state index in [9.17, 15) is 4.79 Å². The second-order valence-electron chi connectivity index (χ2n) is 6.38. The topological polar surface area (TPSA) is 71.1 Å². The molecule has 0 aromatic heterocycles. The van der Waals surface area contributed by atoms with Crippen LogP contribution in [0.25, 0.3) is 0 Å². The summed E-state index contributed by atoms with van der Waals surface area (Å²) in [5.74, 6) is 0.753. The Balaban J connectivity index is 1.70. The Kier molecular flexibility index (Phi) is 2.85. The van der Waals surface area contributed by atoms with Crippen molar-refractivity contribution in [1.82, 2.24) is 4.90 Å². The van der Waals surface area contributed by atoms with E-state index in [4.69, 9.17) is 5.73 Å². The molecule has 5 nitrogen and oxygen atoms in total. The van der Waals surface area contributed by atoms with Gasteiger partial charge in [-0.1, -0.05) is 19.1 Å². The first-order valence-electron chi connectivity index (χ1n) is 7.78. The first-order valence-corrected chi connectivity index (χ1v) is 7.78. The van der Waals surface area contributed by atoms with Gasteiger partial charge in [-0.25, -0.2) is 0 Å². The minimum Gasteiger partial charge on any atom is -0.364 e. The molecule has 0 radical (unpaired) electrons. The molecule has 5 heteroatoms. The van der Waals surface area contributed by atoms with Crippen molar-refractivity contribution in [3.05, 3.63) is 23.3 Å². The van der Waals surface area contributed by atoms with Crippen LogP contribution in [0.15, 0.2) is 33.5 Å². The first-order chi connectivity index (χ1) is 10.2. The molecule has 0 aromatic rings. The lowest BCUT2D eigenvalue weighted by Crippen LogP contribution is -2.37. The van der Waals surface area contributed by atoms with Gasteiger partial charge in [-0.3, -0.25) is 4.79 Å². The lowest BCUT2D eigenvalue weighted by molar-refractivity contribution is -0.111. The van der Waals surface area contributed by atoms with Gasteiger partial charge in [0.1, 0.15) is 0 Å². The SMILES string of the molecule is CCN1CC2C[C@H]1CC2C1=C2C(=NN=C2C(N)=O)CC=C1. The summed E-state index contributed by atoms with van der Waals surface area (Å²) in [6.45, 7) is 4.54. The van der Waals surface area contributed by atoms with Crippen LogP contribution in [0.5, 0.6) is 0 Å². The van der Waals surface area contributed by atoms with Gasteiger partial charge in [0, 0.05) is 24.6 Å². The van der Waals surface area contributed by atoms with E-state index >= 15 is 0 Å². The molecular formula is C16H20N4O. The van der Waals surface area contributed by atoms with Crippen molar-refractivity contribution in [2.75, 3.05) is 13.1 Å². The third kappa shape index (κ3) is 1.83. The molecule has 0 aromatic carbocycles. The van der Waals surface area contributed by atoms with Crippen LogP contribution < -0.4 is 5.73 Å². The summed E-state index contributed by atoms with van der Waals surface area (Å²) in [5, 5.41) is 8.18. The summed E-state index contributed by atoms with van der Waals surface area (Å²) < 4.78 is 0. The molecule has 1 amide bonds. The minimum absolute atomic E-state index is 0.361. The number of primary amides is 1. The van der Waals surface area contributed by atoms with Gasteiger partial charge >= 0.3 is 0 Å². The zero-order valence-corrected chi connectivity index (χ0v) is 12.2. The maximum atomic E-state index is 11.6. The monoisotopic (exact) mass is 284 g/mol. The molecule has 3 atom stereocenters. The number of hydrogen-bond acceptors (Lipinski definition) is 4. The second kappa shape index (κ2) is 4.63. The quantitative estimate of drug-likeness (QED) is 0.847. The number of likely N-dealkylation sites (tertiary alicyclic amines) is 1. The Hall–Kier alpha value is -1.75. The van der Waals surface area contributed by atoms with Gasteiger partial charge in [0.15, 0.2) is 5.71 Å². The van der Waals surface area contributed by atoms with Crippen LogP contribution in [0.1, 0.15) is 26.2 Å². The Bertz CT molecular complexity index is 628. The van der Waals surface area contributed by atoms with Crippen LogP contribution in [0.4, 0.5) is 0 Å². The van der Waals surface area contributed by atoms with E-state index in [1.54, 1.807) is 0 Å². The van der Waals surface area contributed by atoms with Gasteiger partial charge in [0.2, 0.25) is 0 Å². The number of carbonyl (C=O) groups excluding carboxylic acids is 1. The molecule has 2 aliphatic carbocycles. The van der Waals surface area contributed by atoms with Crippen molar-refractivity contribution in [3.63, 3.8) is 0 Å². The average Bonchev–Trinajstić information content (AvgIpc) is 3.18. The third-order valence-corrected chi connectivity index (χ3v) is 5.39. The maximum absolute atomic E-state index is 11.6. The highest BCUT2D eigenvalue weighted by Crippen LogP contribution is 2.47. The highest BCUT2D eigenvalue weighted by Gasteiger charge is 2.46. The van der Waals surface area contributed by atoms with Crippen molar-refractivity contribution in [1.29, 1.82) is 0 Å². The average molecular weight is 284 g/mol. The highest BCUT2D eigenvalue weighted by molar-refractivity contribution is 6.53. The third-order valence-electron chi connectivity index (χ3n) is 5.39. The van der Waals surface area contributed by atoms with Gasteiger partial charge in [-0.2, -0.15) is 5.10 Å². The summed E-state index contributed by atoms with van der Waals surface area (Å²) in [6.07, 6.45) is 7.53. The zero-order valence-electron chi connectivity index (χ0n) is 12.2. The molecule has 1 saturated heterocycles. The van der Waals surface area contributed by atoms with E-state index in [-0.39, 0.29) is 0 Å². The zero-order chi connectivity index (χ0) is 14.6. The van der Waals surface area contributed by atoms with Crippen LogP contribution in [0, 0.1) is 11.8 Å². The molecule has 2 unspecified atom stereocenters. The van der Waals surface area contributed by atoms with Crippen LogP contribution in [-0.2, 0) is 4.79 Å². The standard InChI is InChI=1S/C16H20N4O/c1-2-20-8-9-6-10(20)7-12(9)11-4-3-5-13-14(11)15(16(17)21)19-18-13/h3-4,9-10,12H,2,5-8H2,1H3,(H2,17,21)/t9?,10-,12?/m0/s1. The van der Waals surface area contributed by atoms with Gasteiger partial charge in [-0.05, 0) is 36.8 Å². The normalized spacial score (nSPS) is 34.2. The Morgan fingerprint density at radius 2 is 2.29 bits per heavy atom. The largest absolute Gasteiger partial charge is 0.364 e. The van der Waals surface area contributed by atoms with Crippen LogP contribution >= 0.6 is 0 Å². The fourth-order valence-electron chi connectivity index (χ4n) is 4.47. The van der Waals surface area contributed by atoms with Crippen molar-refractivity contribution >= 4 is 17.3 Å². The van der Waals surface area contributed by atoms with E-state index < -0.39 is 5.91 Å². The fourth-order valence-corrected chi connectivity index (χ4v) is 4.47. The highest BCUT2D eigenvalue weighted by atomic mass is 16.1. The second-order valence-corrected chi connectivity index (χ2v) is 6.38. The number of rotatable bonds is 3. The lowest BCUT2D eigenvalue weighted by atomic mass is 9.79. The molecule has 21 heavy (non-hydrogen) atoms. The maximum Gasteiger partial charge on any atom is 0.269 e. The smallest absolute Gasteiger partial charge is 0.269 e. The van der Waals surface area contributed by atoms with Gasteiger partial charge in [0.05, 0.1) is 5.71 Å². The number of fused-ring (bicyclic) bond motifs is 3. The predicted molar refractivity (Wildman–Crippen MR) is 82.1 cm³/mol. The van der Waals surface area contributed by atoms with Gasteiger partial charge in [-0.15, -0.1) is 5.10 Å². The molecule has 2 fully saturated rings. The molecule has 0 spiro atoms. The molecular weight excluding hydrogens is 264 g/mol. The number of nitrogens with two attached hydrogens (primary N) is 1. The summed E-state index contributed by atoms with van der Waals surface area (Å²) in [7, 11) is 0. The number of allylic oxidation sites excluding steroid dienone is 3. The molecule has 1 saturated carbocycles.